The fraction of sp³-hybridized carbons (Fsp3) is 0.462. The maximum Gasteiger partial charge on any atom is 0.227 e. The molecule has 0 aliphatic carbocycles. The van der Waals surface area contributed by atoms with E-state index in [1.165, 1.54) is 0 Å². The highest BCUT2D eigenvalue weighted by Gasteiger charge is 2.22. The number of hydrogen-bond donors (Lipinski definition) is 1. The Labute approximate surface area is 122 Å². The van der Waals surface area contributed by atoms with Crippen LogP contribution in [0.1, 0.15) is 12.5 Å². The second-order valence-corrected chi connectivity index (χ2v) is 5.36. The summed E-state index contributed by atoms with van der Waals surface area (Å²) in [6, 6.07) is 8.23. The first-order valence-corrected chi connectivity index (χ1v) is 6.71. The van der Waals surface area contributed by atoms with Crippen LogP contribution < -0.4 is 5.32 Å². The molecule has 1 atom stereocenters. The van der Waals surface area contributed by atoms with E-state index in [1.54, 1.807) is 0 Å². The minimum atomic E-state index is 0. The summed E-state index contributed by atoms with van der Waals surface area (Å²) in [4.78, 5) is 14.1. The lowest BCUT2D eigenvalue weighted by atomic mass is 10.1. The molecular formula is C13H18BrClN2O. The zero-order valence-corrected chi connectivity index (χ0v) is 12.8. The summed E-state index contributed by atoms with van der Waals surface area (Å²) in [7, 11) is 0. The van der Waals surface area contributed by atoms with Crippen molar-refractivity contribution in [1.82, 2.24) is 10.2 Å². The van der Waals surface area contributed by atoms with Crippen molar-refractivity contribution >= 4 is 34.2 Å². The van der Waals surface area contributed by atoms with Gasteiger partial charge in [0.1, 0.15) is 0 Å². The average molecular weight is 334 g/mol. The molecule has 18 heavy (non-hydrogen) atoms. The first kappa shape index (κ1) is 15.5. The zero-order chi connectivity index (χ0) is 12.3. The quantitative estimate of drug-likeness (QED) is 0.900. The van der Waals surface area contributed by atoms with Crippen LogP contribution in [0.2, 0.25) is 0 Å². The smallest absolute Gasteiger partial charge is 0.227 e. The molecule has 1 heterocycles. The van der Waals surface area contributed by atoms with E-state index in [0.717, 1.165) is 29.7 Å². The Kier molecular flexibility index (Phi) is 6.12. The van der Waals surface area contributed by atoms with E-state index in [1.807, 2.05) is 29.2 Å². The number of nitrogens with one attached hydrogen (secondary N) is 1. The third-order valence-electron chi connectivity index (χ3n) is 3.07. The summed E-state index contributed by atoms with van der Waals surface area (Å²) in [6.07, 6.45) is 0.490. The van der Waals surface area contributed by atoms with Crippen molar-refractivity contribution in [2.75, 3.05) is 19.6 Å². The van der Waals surface area contributed by atoms with Gasteiger partial charge in [0.25, 0.3) is 0 Å². The van der Waals surface area contributed by atoms with Gasteiger partial charge in [0.05, 0.1) is 6.42 Å². The number of amides is 1. The number of carbonyl (C=O) groups excluding carboxylic acids is 1. The largest absolute Gasteiger partial charge is 0.337 e. The van der Waals surface area contributed by atoms with Crippen LogP contribution in [0.25, 0.3) is 0 Å². The Balaban J connectivity index is 0.00000162. The Morgan fingerprint density at radius 1 is 1.56 bits per heavy atom. The number of benzene rings is 1. The van der Waals surface area contributed by atoms with Crippen molar-refractivity contribution in [1.29, 1.82) is 0 Å². The van der Waals surface area contributed by atoms with Crippen molar-refractivity contribution in [3.63, 3.8) is 0 Å². The van der Waals surface area contributed by atoms with Crippen molar-refractivity contribution in [3.8, 4) is 0 Å². The lowest BCUT2D eigenvalue weighted by Crippen LogP contribution is -2.52. The van der Waals surface area contributed by atoms with E-state index in [-0.39, 0.29) is 18.3 Å². The molecule has 0 radical (unpaired) electrons. The first-order chi connectivity index (χ1) is 8.16. The van der Waals surface area contributed by atoms with E-state index >= 15 is 0 Å². The fourth-order valence-corrected chi connectivity index (χ4v) is 2.58. The molecule has 100 valence electrons. The fourth-order valence-electron chi connectivity index (χ4n) is 2.13. The molecule has 0 bridgehead atoms. The molecule has 3 nitrogen and oxygen atoms in total. The molecule has 0 unspecified atom stereocenters. The monoisotopic (exact) mass is 332 g/mol. The van der Waals surface area contributed by atoms with Gasteiger partial charge in [-0.3, -0.25) is 4.79 Å². The predicted octanol–water partition coefficient (Wildman–Crippen LogP) is 2.23. The highest BCUT2D eigenvalue weighted by atomic mass is 79.9. The zero-order valence-electron chi connectivity index (χ0n) is 10.4. The van der Waals surface area contributed by atoms with Gasteiger partial charge in [-0.1, -0.05) is 28.1 Å². The number of carbonyl (C=O) groups is 1. The number of nitrogens with zero attached hydrogens (tertiary/aromatic N) is 1. The summed E-state index contributed by atoms with van der Waals surface area (Å²) in [5.41, 5.74) is 1.06. The van der Waals surface area contributed by atoms with E-state index in [4.69, 9.17) is 0 Å². The van der Waals surface area contributed by atoms with Crippen LogP contribution in [0.15, 0.2) is 28.7 Å². The lowest BCUT2D eigenvalue weighted by molar-refractivity contribution is -0.133. The molecule has 1 aromatic rings. The van der Waals surface area contributed by atoms with E-state index in [2.05, 4.69) is 28.2 Å². The summed E-state index contributed by atoms with van der Waals surface area (Å²) >= 11 is 3.43. The predicted molar refractivity (Wildman–Crippen MR) is 79.1 cm³/mol. The van der Waals surface area contributed by atoms with Gasteiger partial charge in [-0.25, -0.2) is 0 Å². The molecule has 5 heteroatoms. The van der Waals surface area contributed by atoms with E-state index in [9.17, 15) is 4.79 Å². The van der Waals surface area contributed by atoms with Gasteiger partial charge in [-0.15, -0.1) is 12.4 Å². The molecule has 1 aromatic carbocycles. The van der Waals surface area contributed by atoms with Crippen LogP contribution in [0.5, 0.6) is 0 Å². The molecule has 1 N–H and O–H groups in total. The Hall–Kier alpha value is -0.580. The second kappa shape index (κ2) is 7.12. The van der Waals surface area contributed by atoms with Crippen molar-refractivity contribution in [2.45, 2.75) is 19.4 Å². The number of hydrogen-bond acceptors (Lipinski definition) is 2. The standard InChI is InChI=1S/C13H17BrN2O.ClH/c1-10-9-15-5-6-16(10)13(17)8-11-3-2-4-12(14)7-11;/h2-4,7,10,15H,5-6,8-9H2,1H3;1H/t10-;/m1./s1. The Morgan fingerprint density at radius 3 is 3.00 bits per heavy atom. The topological polar surface area (TPSA) is 32.3 Å². The molecular weight excluding hydrogens is 316 g/mol. The molecule has 2 rings (SSSR count). The van der Waals surface area contributed by atoms with Crippen LogP contribution >= 0.6 is 28.3 Å². The molecule has 0 aromatic heterocycles. The molecule has 1 aliphatic heterocycles. The van der Waals surface area contributed by atoms with Gasteiger partial charge in [0.15, 0.2) is 0 Å². The molecule has 1 aliphatic rings. The summed E-state index contributed by atoms with van der Waals surface area (Å²) in [5.74, 6) is 0.220. The average Bonchev–Trinajstić information content (AvgIpc) is 2.29. The van der Waals surface area contributed by atoms with Crippen LogP contribution in [0.3, 0.4) is 0 Å². The normalized spacial score (nSPS) is 19.2. The second-order valence-electron chi connectivity index (χ2n) is 4.45. The SMILES string of the molecule is C[C@@H]1CNCCN1C(=O)Cc1cccc(Br)c1.Cl. The summed E-state index contributed by atoms with van der Waals surface area (Å²) in [6.45, 7) is 4.69. The highest BCUT2D eigenvalue weighted by molar-refractivity contribution is 9.10. The van der Waals surface area contributed by atoms with Crippen molar-refractivity contribution in [3.05, 3.63) is 34.3 Å². The van der Waals surface area contributed by atoms with Gasteiger partial charge in [-0.2, -0.15) is 0 Å². The summed E-state index contributed by atoms with van der Waals surface area (Å²) in [5, 5.41) is 3.29. The number of halogens is 2. The minimum Gasteiger partial charge on any atom is -0.337 e. The summed E-state index contributed by atoms with van der Waals surface area (Å²) < 4.78 is 1.02. The molecule has 0 spiro atoms. The van der Waals surface area contributed by atoms with Crippen molar-refractivity contribution < 1.29 is 4.79 Å². The first-order valence-electron chi connectivity index (χ1n) is 5.91. The number of piperazine rings is 1. The van der Waals surface area contributed by atoms with Gasteiger partial charge in [0.2, 0.25) is 5.91 Å². The maximum atomic E-state index is 12.2. The lowest BCUT2D eigenvalue weighted by Gasteiger charge is -2.34. The molecule has 1 fully saturated rings. The maximum absolute atomic E-state index is 12.2. The third kappa shape index (κ3) is 3.97. The van der Waals surface area contributed by atoms with Crippen molar-refractivity contribution in [2.24, 2.45) is 0 Å². The van der Waals surface area contributed by atoms with Crippen LogP contribution in [0.4, 0.5) is 0 Å². The molecule has 1 amide bonds. The minimum absolute atomic E-state index is 0. The Morgan fingerprint density at radius 2 is 2.33 bits per heavy atom. The Bertz CT molecular complexity index is 414. The van der Waals surface area contributed by atoms with Gasteiger partial charge in [-0.05, 0) is 24.6 Å². The molecule has 1 saturated heterocycles. The van der Waals surface area contributed by atoms with Gasteiger partial charge in [0, 0.05) is 30.1 Å². The number of rotatable bonds is 2. The van der Waals surface area contributed by atoms with Crippen LogP contribution in [0, 0.1) is 0 Å². The van der Waals surface area contributed by atoms with Gasteiger partial charge < -0.3 is 10.2 Å². The van der Waals surface area contributed by atoms with E-state index < -0.39 is 0 Å². The molecule has 0 saturated carbocycles. The van der Waals surface area contributed by atoms with Crippen LogP contribution in [-0.2, 0) is 11.2 Å². The third-order valence-corrected chi connectivity index (χ3v) is 3.56. The van der Waals surface area contributed by atoms with Crippen LogP contribution in [-0.4, -0.2) is 36.5 Å². The highest BCUT2D eigenvalue weighted by Crippen LogP contribution is 2.14. The van der Waals surface area contributed by atoms with E-state index in [0.29, 0.717) is 12.5 Å². The van der Waals surface area contributed by atoms with Gasteiger partial charge >= 0.3 is 0 Å².